The zero-order valence-corrected chi connectivity index (χ0v) is 20.8. The van der Waals surface area contributed by atoms with Crippen LogP contribution < -0.4 is 10.6 Å². The van der Waals surface area contributed by atoms with Crippen molar-refractivity contribution in [3.05, 3.63) is 59.7 Å². The van der Waals surface area contributed by atoms with E-state index in [4.69, 9.17) is 4.74 Å². The van der Waals surface area contributed by atoms with Gasteiger partial charge in [0.15, 0.2) is 0 Å². The van der Waals surface area contributed by atoms with Gasteiger partial charge in [0.25, 0.3) is 0 Å². The molecule has 2 atom stereocenters. The molecule has 0 saturated carbocycles. The molecule has 2 aromatic carbocycles. The molecule has 0 aromatic heterocycles. The topological polar surface area (TPSA) is 105 Å². The molecule has 2 amide bonds. The van der Waals surface area contributed by atoms with Gasteiger partial charge in [0, 0.05) is 18.5 Å². The maximum atomic E-state index is 13.0. The molecule has 0 aliphatic heterocycles. The number of hydrogen-bond acceptors (Lipinski definition) is 4. The summed E-state index contributed by atoms with van der Waals surface area (Å²) in [4.78, 5) is 36.8. The molecule has 1 aliphatic carbocycles. The van der Waals surface area contributed by atoms with Crippen molar-refractivity contribution in [2.24, 2.45) is 5.41 Å². The van der Waals surface area contributed by atoms with Crippen LogP contribution in [0.25, 0.3) is 11.1 Å². The van der Waals surface area contributed by atoms with Crippen LogP contribution in [0.15, 0.2) is 48.5 Å². The van der Waals surface area contributed by atoms with E-state index in [9.17, 15) is 19.5 Å². The summed E-state index contributed by atoms with van der Waals surface area (Å²) in [6.45, 7) is 5.96. The highest BCUT2D eigenvalue weighted by atomic mass is 16.5. The summed E-state index contributed by atoms with van der Waals surface area (Å²) in [5.74, 6) is -1.24. The van der Waals surface area contributed by atoms with Crippen LogP contribution in [-0.2, 0) is 14.3 Å². The number of fused-ring (bicyclic) bond motifs is 3. The zero-order valence-electron chi connectivity index (χ0n) is 20.8. The van der Waals surface area contributed by atoms with Gasteiger partial charge in [-0.05, 0) is 42.0 Å². The molecule has 188 valence electrons. The number of ether oxygens (including phenoxy) is 1. The molecule has 0 radical (unpaired) electrons. The van der Waals surface area contributed by atoms with E-state index in [-0.39, 0.29) is 31.4 Å². The van der Waals surface area contributed by atoms with E-state index in [0.717, 1.165) is 35.1 Å². The Morgan fingerprint density at radius 2 is 1.63 bits per heavy atom. The third kappa shape index (κ3) is 6.41. The molecule has 3 N–H and O–H groups in total. The number of carboxylic acid groups (broad SMARTS) is 1. The molecule has 0 bridgehead atoms. The molecule has 35 heavy (non-hydrogen) atoms. The largest absolute Gasteiger partial charge is 0.481 e. The van der Waals surface area contributed by atoms with E-state index in [0.29, 0.717) is 12.8 Å². The summed E-state index contributed by atoms with van der Waals surface area (Å²) in [6.07, 6.45) is 2.14. The lowest BCUT2D eigenvalue weighted by atomic mass is 9.85. The number of hydrogen-bond donors (Lipinski definition) is 3. The number of aliphatic carboxylic acids is 1. The Morgan fingerprint density at radius 1 is 1.03 bits per heavy atom. The Balaban J connectivity index is 1.58. The van der Waals surface area contributed by atoms with Crippen LogP contribution in [0, 0.1) is 5.41 Å². The van der Waals surface area contributed by atoms with Crippen LogP contribution in [-0.4, -0.2) is 42.3 Å². The molecular formula is C28H36N2O5. The molecule has 0 fully saturated rings. The second kappa shape index (κ2) is 11.9. The van der Waals surface area contributed by atoms with Crippen molar-refractivity contribution in [3.63, 3.8) is 0 Å². The normalized spacial score (nSPS) is 14.8. The molecule has 1 aliphatic rings. The molecule has 2 aromatic rings. The number of benzene rings is 2. The summed E-state index contributed by atoms with van der Waals surface area (Å²) in [5.41, 5.74) is 3.71. The third-order valence-electron chi connectivity index (χ3n) is 6.96. The van der Waals surface area contributed by atoms with Gasteiger partial charge in [-0.3, -0.25) is 9.59 Å². The number of unbranched alkanes of at least 4 members (excludes halogenated alkanes) is 1. The zero-order chi connectivity index (χ0) is 25.4. The number of rotatable bonds is 12. The van der Waals surface area contributed by atoms with Crippen molar-refractivity contribution < 1.29 is 24.2 Å². The van der Waals surface area contributed by atoms with E-state index in [1.54, 1.807) is 6.92 Å². The fraction of sp³-hybridized carbons (Fsp3) is 0.464. The van der Waals surface area contributed by atoms with E-state index >= 15 is 0 Å². The first kappa shape index (κ1) is 26.3. The van der Waals surface area contributed by atoms with Crippen LogP contribution in [0.1, 0.15) is 69.9 Å². The van der Waals surface area contributed by atoms with E-state index < -0.39 is 23.5 Å². The Labute approximate surface area is 207 Å². The molecule has 0 heterocycles. The van der Waals surface area contributed by atoms with Crippen molar-refractivity contribution in [3.8, 4) is 11.1 Å². The predicted molar refractivity (Wildman–Crippen MR) is 135 cm³/mol. The summed E-state index contributed by atoms with van der Waals surface area (Å²) in [6, 6.07) is 15.8. The van der Waals surface area contributed by atoms with Crippen molar-refractivity contribution >= 4 is 18.0 Å². The Hall–Kier alpha value is -3.35. The molecular weight excluding hydrogens is 444 g/mol. The number of nitrogens with one attached hydrogen (secondary N) is 2. The van der Waals surface area contributed by atoms with Crippen molar-refractivity contribution in [2.45, 2.75) is 64.8 Å². The molecule has 2 unspecified atom stereocenters. The van der Waals surface area contributed by atoms with E-state index in [2.05, 4.69) is 34.9 Å². The van der Waals surface area contributed by atoms with Gasteiger partial charge in [0.05, 0.1) is 11.8 Å². The van der Waals surface area contributed by atoms with Gasteiger partial charge in [0.1, 0.15) is 6.61 Å². The predicted octanol–water partition coefficient (Wildman–Crippen LogP) is 5.09. The molecule has 0 spiro atoms. The SMILES string of the molecule is CCCCC(CC(=O)O)NC(=O)C(C)(CC)CNC(=O)OCC1c2ccccc2-c2ccccc21. The first-order valence-corrected chi connectivity index (χ1v) is 12.4. The minimum absolute atomic E-state index is 0.0376. The smallest absolute Gasteiger partial charge is 0.407 e. The van der Waals surface area contributed by atoms with Crippen molar-refractivity contribution in [2.75, 3.05) is 13.2 Å². The van der Waals surface area contributed by atoms with Gasteiger partial charge in [0.2, 0.25) is 5.91 Å². The summed E-state index contributed by atoms with van der Waals surface area (Å²) < 4.78 is 5.59. The fourth-order valence-electron chi connectivity index (χ4n) is 4.53. The van der Waals surface area contributed by atoms with E-state index in [1.807, 2.05) is 38.1 Å². The van der Waals surface area contributed by atoms with Gasteiger partial charge >= 0.3 is 12.1 Å². The third-order valence-corrected chi connectivity index (χ3v) is 6.96. The number of carbonyl (C=O) groups is 3. The van der Waals surface area contributed by atoms with E-state index in [1.165, 1.54) is 0 Å². The lowest BCUT2D eigenvalue weighted by Crippen LogP contribution is -2.49. The average molecular weight is 481 g/mol. The van der Waals surface area contributed by atoms with Gasteiger partial charge in [-0.2, -0.15) is 0 Å². The summed E-state index contributed by atoms with van der Waals surface area (Å²) in [5, 5.41) is 14.8. The van der Waals surface area contributed by atoms with Crippen LogP contribution in [0.3, 0.4) is 0 Å². The van der Waals surface area contributed by atoms with Gasteiger partial charge in [-0.25, -0.2) is 4.79 Å². The number of carbonyl (C=O) groups excluding carboxylic acids is 2. The van der Waals surface area contributed by atoms with Crippen LogP contribution in [0.4, 0.5) is 4.79 Å². The average Bonchev–Trinajstić information content (AvgIpc) is 3.17. The Kier molecular flexibility index (Phi) is 8.90. The van der Waals surface area contributed by atoms with Crippen molar-refractivity contribution in [1.29, 1.82) is 0 Å². The lowest BCUT2D eigenvalue weighted by molar-refractivity contribution is -0.138. The molecule has 0 saturated heterocycles. The van der Waals surface area contributed by atoms with Gasteiger partial charge in [-0.15, -0.1) is 0 Å². The quantitative estimate of drug-likeness (QED) is 0.392. The second-order valence-electron chi connectivity index (χ2n) is 9.50. The van der Waals surface area contributed by atoms with Gasteiger partial charge < -0.3 is 20.5 Å². The van der Waals surface area contributed by atoms with Crippen molar-refractivity contribution in [1.82, 2.24) is 10.6 Å². The highest BCUT2D eigenvalue weighted by Gasteiger charge is 2.34. The first-order chi connectivity index (χ1) is 16.8. The maximum Gasteiger partial charge on any atom is 0.407 e. The minimum Gasteiger partial charge on any atom is -0.481 e. The highest BCUT2D eigenvalue weighted by Crippen LogP contribution is 2.44. The number of amides is 2. The Bertz CT molecular complexity index is 1010. The minimum atomic E-state index is -0.943. The molecule has 7 nitrogen and oxygen atoms in total. The van der Waals surface area contributed by atoms with Crippen LogP contribution >= 0.6 is 0 Å². The van der Waals surface area contributed by atoms with Gasteiger partial charge in [-0.1, -0.05) is 75.2 Å². The highest BCUT2D eigenvalue weighted by molar-refractivity contribution is 5.84. The summed E-state index contributed by atoms with van der Waals surface area (Å²) in [7, 11) is 0. The van der Waals surface area contributed by atoms with Crippen LogP contribution in [0.5, 0.6) is 0 Å². The maximum absolute atomic E-state index is 13.0. The number of alkyl carbamates (subject to hydrolysis) is 1. The Morgan fingerprint density at radius 3 is 2.17 bits per heavy atom. The van der Waals surface area contributed by atoms with Crippen LogP contribution in [0.2, 0.25) is 0 Å². The number of carboxylic acids is 1. The lowest BCUT2D eigenvalue weighted by Gasteiger charge is -2.29. The molecule has 3 rings (SSSR count). The standard InChI is InChI=1S/C28H36N2O5/c1-4-6-11-19(16-25(31)32)30-26(33)28(3,5-2)18-29-27(34)35-17-24-22-14-9-7-12-20(22)21-13-8-10-15-23(21)24/h7-10,12-15,19,24H,4-6,11,16-18H2,1-3H3,(H,29,34)(H,30,33)(H,31,32). The fourth-order valence-corrected chi connectivity index (χ4v) is 4.53. The summed E-state index contributed by atoms with van der Waals surface area (Å²) >= 11 is 0. The first-order valence-electron chi connectivity index (χ1n) is 12.4. The monoisotopic (exact) mass is 480 g/mol. The molecule has 7 heteroatoms. The second-order valence-corrected chi connectivity index (χ2v) is 9.50.